The van der Waals surface area contributed by atoms with Crippen LogP contribution >= 0.6 is 0 Å². The summed E-state index contributed by atoms with van der Waals surface area (Å²) >= 11 is 0. The normalized spacial score (nSPS) is 12.1. The van der Waals surface area contributed by atoms with Crippen molar-refractivity contribution in [3.8, 4) is 0 Å². The molecule has 1 aliphatic heterocycles. The van der Waals surface area contributed by atoms with Crippen LogP contribution in [0.3, 0.4) is 0 Å². The maximum absolute atomic E-state index is 13.0. The van der Waals surface area contributed by atoms with Crippen molar-refractivity contribution in [2.24, 2.45) is 0 Å². The van der Waals surface area contributed by atoms with Crippen LogP contribution in [0.15, 0.2) is 78.9 Å². The van der Waals surface area contributed by atoms with Crippen molar-refractivity contribution in [2.75, 3.05) is 29.9 Å². The second-order valence-electron chi connectivity index (χ2n) is 7.81. The summed E-state index contributed by atoms with van der Waals surface area (Å²) in [5, 5.41) is 8.00. The summed E-state index contributed by atoms with van der Waals surface area (Å²) in [5.41, 5.74) is 4.19. The number of carbonyl (C=O) groups excluding carboxylic acids is 3. The topological polar surface area (TPSA) is 90.5 Å². The largest absolute Gasteiger partial charge is 0.354 e. The summed E-state index contributed by atoms with van der Waals surface area (Å²) in [6.45, 7) is 0.995. The van der Waals surface area contributed by atoms with Crippen LogP contribution in [0.1, 0.15) is 21.5 Å². The zero-order valence-corrected chi connectivity index (χ0v) is 18.2. The van der Waals surface area contributed by atoms with Crippen molar-refractivity contribution in [3.63, 3.8) is 0 Å². The Morgan fingerprint density at radius 1 is 0.848 bits per heavy atom. The molecule has 0 aliphatic carbocycles. The van der Waals surface area contributed by atoms with E-state index in [-0.39, 0.29) is 18.4 Å². The van der Waals surface area contributed by atoms with Crippen molar-refractivity contribution in [1.82, 2.24) is 10.6 Å². The minimum Gasteiger partial charge on any atom is -0.354 e. The third kappa shape index (κ3) is 5.77. The number of anilines is 2. The van der Waals surface area contributed by atoms with Crippen LogP contribution in [0.2, 0.25) is 0 Å². The highest BCUT2D eigenvalue weighted by atomic mass is 16.2. The molecule has 0 bridgehead atoms. The number of amides is 4. The molecular weight excluding hydrogens is 416 g/mol. The first-order chi connectivity index (χ1) is 16.1. The maximum atomic E-state index is 13.0. The van der Waals surface area contributed by atoms with Crippen LogP contribution in [0.4, 0.5) is 16.2 Å². The fraction of sp³-hybridized carbons (Fsp3) is 0.192. The molecule has 0 radical (unpaired) electrons. The number of benzene rings is 3. The first kappa shape index (κ1) is 22.1. The molecule has 0 saturated heterocycles. The molecule has 0 spiro atoms. The third-order valence-corrected chi connectivity index (χ3v) is 5.49. The monoisotopic (exact) mass is 442 g/mol. The maximum Gasteiger partial charge on any atom is 0.319 e. The van der Waals surface area contributed by atoms with Gasteiger partial charge >= 0.3 is 6.03 Å². The van der Waals surface area contributed by atoms with Crippen molar-refractivity contribution in [1.29, 1.82) is 0 Å². The van der Waals surface area contributed by atoms with Gasteiger partial charge in [-0.1, -0.05) is 54.6 Å². The van der Waals surface area contributed by atoms with Gasteiger partial charge in [0.2, 0.25) is 5.91 Å². The molecular formula is C26H26N4O3. The van der Waals surface area contributed by atoms with Crippen molar-refractivity contribution in [2.45, 2.75) is 12.8 Å². The van der Waals surface area contributed by atoms with Gasteiger partial charge in [-0.05, 0) is 48.2 Å². The molecule has 3 aromatic rings. The van der Waals surface area contributed by atoms with Crippen LogP contribution in [0.5, 0.6) is 0 Å². The van der Waals surface area contributed by atoms with E-state index >= 15 is 0 Å². The van der Waals surface area contributed by atoms with Crippen molar-refractivity contribution in [3.05, 3.63) is 95.6 Å². The Labute approximate surface area is 192 Å². The molecule has 0 fully saturated rings. The van der Waals surface area contributed by atoms with E-state index in [1.165, 1.54) is 0 Å². The first-order valence-electron chi connectivity index (χ1n) is 11.0. The predicted octanol–water partition coefficient (Wildman–Crippen LogP) is 3.37. The molecule has 4 amide bonds. The lowest BCUT2D eigenvalue weighted by Crippen LogP contribution is -2.39. The van der Waals surface area contributed by atoms with E-state index in [9.17, 15) is 14.4 Å². The van der Waals surface area contributed by atoms with Gasteiger partial charge in [0.05, 0.1) is 6.54 Å². The zero-order chi connectivity index (χ0) is 23.0. The van der Waals surface area contributed by atoms with Gasteiger partial charge < -0.3 is 20.9 Å². The summed E-state index contributed by atoms with van der Waals surface area (Å²) in [7, 11) is 0. The number of nitrogens with one attached hydrogen (secondary N) is 3. The fourth-order valence-electron chi connectivity index (χ4n) is 3.82. The van der Waals surface area contributed by atoms with Gasteiger partial charge in [0.25, 0.3) is 5.91 Å². The zero-order valence-electron chi connectivity index (χ0n) is 18.2. The highest BCUT2D eigenvalue weighted by Crippen LogP contribution is 2.29. The molecule has 0 saturated carbocycles. The Morgan fingerprint density at radius 2 is 1.64 bits per heavy atom. The van der Waals surface area contributed by atoms with E-state index in [1.54, 1.807) is 29.2 Å². The second kappa shape index (κ2) is 10.5. The molecule has 1 heterocycles. The summed E-state index contributed by atoms with van der Waals surface area (Å²) in [6, 6.07) is 24.0. The van der Waals surface area contributed by atoms with Gasteiger partial charge in [-0.2, -0.15) is 0 Å². The lowest BCUT2D eigenvalue weighted by molar-refractivity contribution is -0.120. The van der Waals surface area contributed by atoms with E-state index < -0.39 is 6.03 Å². The number of rotatable bonds is 7. The lowest BCUT2D eigenvalue weighted by atomic mass is 10.1. The van der Waals surface area contributed by atoms with Crippen molar-refractivity contribution >= 4 is 29.2 Å². The molecule has 3 N–H and O–H groups in total. The summed E-state index contributed by atoms with van der Waals surface area (Å²) < 4.78 is 0. The van der Waals surface area contributed by atoms with Gasteiger partial charge in [-0.15, -0.1) is 0 Å². The Bertz CT molecular complexity index is 1150. The molecule has 7 nitrogen and oxygen atoms in total. The molecule has 0 atom stereocenters. The Hall–Kier alpha value is -4.13. The molecule has 1 aliphatic rings. The highest BCUT2D eigenvalue weighted by Gasteiger charge is 2.25. The van der Waals surface area contributed by atoms with E-state index in [0.717, 1.165) is 29.7 Å². The predicted molar refractivity (Wildman–Crippen MR) is 128 cm³/mol. The number of carbonyl (C=O) groups is 3. The number of para-hydroxylation sites is 1. The number of urea groups is 1. The average molecular weight is 443 g/mol. The molecule has 168 valence electrons. The number of hydrogen-bond acceptors (Lipinski definition) is 3. The number of nitrogens with zero attached hydrogens (tertiary/aromatic N) is 1. The molecule has 3 aromatic carbocycles. The first-order valence-corrected chi connectivity index (χ1v) is 11.0. The minimum atomic E-state index is -0.510. The highest BCUT2D eigenvalue weighted by molar-refractivity contribution is 6.08. The molecule has 0 aromatic heterocycles. The lowest BCUT2D eigenvalue weighted by Gasteiger charge is -2.18. The van der Waals surface area contributed by atoms with Gasteiger partial charge in [-0.25, -0.2) is 4.79 Å². The molecule has 33 heavy (non-hydrogen) atoms. The third-order valence-electron chi connectivity index (χ3n) is 5.49. The van der Waals surface area contributed by atoms with Gasteiger partial charge in [0, 0.05) is 30.0 Å². The second-order valence-corrected chi connectivity index (χ2v) is 7.81. The van der Waals surface area contributed by atoms with Gasteiger partial charge in [-0.3, -0.25) is 9.59 Å². The average Bonchev–Trinajstić information content (AvgIpc) is 3.27. The van der Waals surface area contributed by atoms with E-state index in [0.29, 0.717) is 24.3 Å². The van der Waals surface area contributed by atoms with E-state index in [2.05, 4.69) is 16.0 Å². The smallest absolute Gasteiger partial charge is 0.319 e. The van der Waals surface area contributed by atoms with Crippen molar-refractivity contribution < 1.29 is 14.4 Å². The molecule has 4 rings (SSSR count). The van der Waals surface area contributed by atoms with Crippen LogP contribution in [-0.4, -0.2) is 37.5 Å². The van der Waals surface area contributed by atoms with Crippen LogP contribution in [0.25, 0.3) is 0 Å². The van der Waals surface area contributed by atoms with E-state index in [1.807, 2.05) is 54.6 Å². The number of hydrogen-bond donors (Lipinski definition) is 3. The Morgan fingerprint density at radius 3 is 2.48 bits per heavy atom. The standard InChI is InChI=1S/C26H26N4O3/c31-24(27-15-13-19-7-2-1-3-8-19)18-28-26(33)29-22-11-6-10-21(17-22)25(32)30-16-14-20-9-4-5-12-23(20)30/h1-12,17H,13-16,18H2,(H,27,31)(H2,28,29,33). The SMILES string of the molecule is O=C(CNC(=O)Nc1cccc(C(=O)N2CCc3ccccc32)c1)NCCc1ccccc1. The Kier molecular flexibility index (Phi) is 6.99. The van der Waals surface area contributed by atoms with Crippen LogP contribution < -0.4 is 20.9 Å². The summed E-state index contributed by atoms with van der Waals surface area (Å²) in [4.78, 5) is 39.0. The van der Waals surface area contributed by atoms with E-state index in [4.69, 9.17) is 0 Å². The minimum absolute atomic E-state index is 0.109. The Balaban J connectivity index is 1.25. The van der Waals surface area contributed by atoms with Crippen LogP contribution in [0, 0.1) is 0 Å². The fourth-order valence-corrected chi connectivity index (χ4v) is 3.82. The van der Waals surface area contributed by atoms with Gasteiger partial charge in [0.15, 0.2) is 0 Å². The summed E-state index contributed by atoms with van der Waals surface area (Å²) in [5.74, 6) is -0.375. The summed E-state index contributed by atoms with van der Waals surface area (Å²) in [6.07, 6.45) is 1.55. The van der Waals surface area contributed by atoms with Crippen LogP contribution in [-0.2, 0) is 17.6 Å². The van der Waals surface area contributed by atoms with Gasteiger partial charge in [0.1, 0.15) is 0 Å². The number of fused-ring (bicyclic) bond motifs is 1. The molecule has 0 unspecified atom stereocenters. The molecule has 7 heteroatoms. The quantitative estimate of drug-likeness (QED) is 0.524.